The number of benzene rings is 1. The maximum atomic E-state index is 13.7. The topological polar surface area (TPSA) is 139 Å². The first-order valence-electron chi connectivity index (χ1n) is 10.2. The van der Waals surface area contributed by atoms with Crippen LogP contribution in [0.15, 0.2) is 35.1 Å². The molecule has 0 aliphatic heterocycles. The van der Waals surface area contributed by atoms with Crippen LogP contribution >= 0.6 is 0 Å². The molecule has 3 aliphatic carbocycles. The van der Waals surface area contributed by atoms with E-state index in [4.69, 9.17) is 15.2 Å². The Morgan fingerprint density at radius 2 is 1.88 bits per heavy atom. The van der Waals surface area contributed by atoms with Crippen LogP contribution in [0.1, 0.15) is 17.5 Å². The minimum Gasteiger partial charge on any atom is -0.507 e. The third-order valence-electron chi connectivity index (χ3n) is 6.86. The number of nitrogens with two attached hydrogens (primary N) is 1. The molecule has 0 radical (unpaired) electrons. The Morgan fingerprint density at radius 1 is 1.19 bits per heavy atom. The summed E-state index contributed by atoms with van der Waals surface area (Å²) < 4.78 is 10.7. The highest BCUT2D eigenvalue weighted by molar-refractivity contribution is 6.33. The molecule has 9 nitrogen and oxygen atoms in total. The highest BCUT2D eigenvalue weighted by atomic mass is 16.5. The van der Waals surface area contributed by atoms with Gasteiger partial charge in [0.25, 0.3) is 5.91 Å². The van der Waals surface area contributed by atoms with Crippen LogP contribution in [0.2, 0.25) is 0 Å². The Kier molecular flexibility index (Phi) is 5.14. The second-order valence-corrected chi connectivity index (χ2v) is 8.64. The van der Waals surface area contributed by atoms with E-state index in [0.717, 1.165) is 5.56 Å². The predicted octanol–water partition coefficient (Wildman–Crippen LogP) is 0.355. The van der Waals surface area contributed by atoms with Gasteiger partial charge in [0.1, 0.15) is 22.8 Å². The number of hydrogen-bond donors (Lipinski definition) is 3. The number of amides is 1. The van der Waals surface area contributed by atoms with Crippen LogP contribution in [0.3, 0.4) is 0 Å². The van der Waals surface area contributed by atoms with Crippen molar-refractivity contribution in [3.8, 4) is 5.75 Å². The van der Waals surface area contributed by atoms with Crippen molar-refractivity contribution in [1.29, 1.82) is 0 Å². The molecule has 0 unspecified atom stereocenters. The average molecular weight is 442 g/mol. The predicted molar refractivity (Wildman–Crippen MR) is 114 cm³/mol. The molecule has 32 heavy (non-hydrogen) atoms. The minimum atomic E-state index is -2.55. The van der Waals surface area contributed by atoms with E-state index in [-0.39, 0.29) is 23.5 Å². The van der Waals surface area contributed by atoms with Crippen molar-refractivity contribution >= 4 is 23.2 Å². The van der Waals surface area contributed by atoms with E-state index in [1.807, 2.05) is 6.07 Å². The first kappa shape index (κ1) is 22.0. The van der Waals surface area contributed by atoms with Crippen LogP contribution in [0.4, 0.5) is 0 Å². The summed E-state index contributed by atoms with van der Waals surface area (Å²) in [4.78, 5) is 40.9. The second kappa shape index (κ2) is 7.46. The zero-order chi connectivity index (χ0) is 23.5. The lowest BCUT2D eigenvalue weighted by Gasteiger charge is -2.50. The normalized spacial score (nSPS) is 29.5. The van der Waals surface area contributed by atoms with E-state index in [0.29, 0.717) is 17.7 Å². The van der Waals surface area contributed by atoms with Gasteiger partial charge in [-0.25, -0.2) is 0 Å². The van der Waals surface area contributed by atoms with Crippen LogP contribution in [0.5, 0.6) is 5.75 Å². The van der Waals surface area contributed by atoms with Crippen molar-refractivity contribution < 1.29 is 34.1 Å². The highest BCUT2D eigenvalue weighted by Crippen LogP contribution is 2.52. The zero-order valence-electron chi connectivity index (χ0n) is 18.3. The third-order valence-corrected chi connectivity index (χ3v) is 6.86. The molecule has 0 bridgehead atoms. The van der Waals surface area contributed by atoms with Crippen LogP contribution in [0, 0.1) is 11.8 Å². The molecule has 4 N–H and O–H groups in total. The van der Waals surface area contributed by atoms with E-state index in [1.165, 1.54) is 14.2 Å². The van der Waals surface area contributed by atoms with Gasteiger partial charge in [-0.2, -0.15) is 0 Å². The maximum absolute atomic E-state index is 13.7. The first-order valence-corrected chi connectivity index (χ1v) is 10.2. The molecule has 3 aliphatic rings. The van der Waals surface area contributed by atoms with Gasteiger partial charge in [0.2, 0.25) is 11.6 Å². The first-order chi connectivity index (χ1) is 15.1. The number of ketones is 2. The number of hydrogen-bond acceptors (Lipinski definition) is 8. The second-order valence-electron chi connectivity index (χ2n) is 8.64. The summed E-state index contributed by atoms with van der Waals surface area (Å²) >= 11 is 0. The quantitative estimate of drug-likeness (QED) is 0.449. The van der Waals surface area contributed by atoms with Gasteiger partial charge >= 0.3 is 0 Å². The van der Waals surface area contributed by atoms with Gasteiger partial charge in [0.05, 0.1) is 25.8 Å². The summed E-state index contributed by atoms with van der Waals surface area (Å²) in [6, 6.07) is 4.56. The number of fused-ring (bicyclic) bond motifs is 3. The molecule has 1 aromatic rings. The molecule has 9 heteroatoms. The fraction of sp³-hybridized carbons (Fsp3) is 0.435. The molecule has 4 atom stereocenters. The largest absolute Gasteiger partial charge is 0.507 e. The van der Waals surface area contributed by atoms with E-state index in [1.54, 1.807) is 31.1 Å². The Labute approximate surface area is 185 Å². The molecule has 0 saturated heterocycles. The van der Waals surface area contributed by atoms with E-state index < -0.39 is 46.5 Å². The summed E-state index contributed by atoms with van der Waals surface area (Å²) in [5, 5.41) is 22.7. The van der Waals surface area contributed by atoms with Crippen molar-refractivity contribution in [2.45, 2.75) is 24.5 Å². The van der Waals surface area contributed by atoms with E-state index in [2.05, 4.69) is 0 Å². The summed E-state index contributed by atoms with van der Waals surface area (Å²) in [7, 11) is 6.17. The van der Waals surface area contributed by atoms with Crippen molar-refractivity contribution in [3.63, 3.8) is 0 Å². The molecule has 1 amide bonds. The number of aliphatic hydroxyl groups is 2. The van der Waals surface area contributed by atoms with Crippen molar-refractivity contribution in [1.82, 2.24) is 4.90 Å². The lowest BCUT2D eigenvalue weighted by atomic mass is 9.57. The highest BCUT2D eigenvalue weighted by Gasteiger charge is 2.65. The van der Waals surface area contributed by atoms with Gasteiger partial charge in [-0.15, -0.1) is 0 Å². The van der Waals surface area contributed by atoms with Crippen LogP contribution in [0.25, 0.3) is 5.76 Å². The van der Waals surface area contributed by atoms with Crippen LogP contribution in [-0.4, -0.2) is 72.5 Å². The molecule has 0 spiro atoms. The summed E-state index contributed by atoms with van der Waals surface area (Å²) in [5.41, 5.74) is 3.50. The number of rotatable bonds is 4. The van der Waals surface area contributed by atoms with E-state index in [9.17, 15) is 24.6 Å². The minimum absolute atomic E-state index is 0.0312. The van der Waals surface area contributed by atoms with Gasteiger partial charge in [0.15, 0.2) is 5.60 Å². The molecule has 0 heterocycles. The van der Waals surface area contributed by atoms with Crippen molar-refractivity contribution in [2.75, 3.05) is 28.3 Å². The van der Waals surface area contributed by atoms with Gasteiger partial charge in [-0.1, -0.05) is 12.1 Å². The fourth-order valence-corrected chi connectivity index (χ4v) is 5.54. The van der Waals surface area contributed by atoms with Gasteiger partial charge in [-0.3, -0.25) is 19.3 Å². The summed E-state index contributed by atoms with van der Waals surface area (Å²) in [5.74, 6) is -4.34. The summed E-state index contributed by atoms with van der Waals surface area (Å²) in [6.07, 6.45) is 0.638. The molecule has 4 rings (SSSR count). The third kappa shape index (κ3) is 2.74. The van der Waals surface area contributed by atoms with Gasteiger partial charge < -0.3 is 25.4 Å². The molecular formula is C23H26N2O7. The number of aliphatic hydroxyl groups excluding tert-OH is 1. The number of ether oxygens (including phenoxy) is 2. The molecule has 1 aromatic carbocycles. The van der Waals surface area contributed by atoms with Crippen LogP contribution in [-0.2, 0) is 25.5 Å². The average Bonchev–Trinajstić information content (AvgIpc) is 2.74. The lowest BCUT2D eigenvalue weighted by molar-refractivity contribution is -0.162. The van der Waals surface area contributed by atoms with Crippen LogP contribution < -0.4 is 10.5 Å². The Morgan fingerprint density at radius 3 is 2.44 bits per heavy atom. The van der Waals surface area contributed by atoms with Gasteiger partial charge in [0, 0.05) is 11.5 Å². The number of methoxy groups -OCH3 is 2. The number of Topliss-reactive ketones (excluding diaryl/α,β-unsaturated/α-hetero) is 2. The number of primary amides is 1. The number of carbonyl (C=O) groups is 3. The van der Waals surface area contributed by atoms with Crippen molar-refractivity contribution in [2.24, 2.45) is 17.6 Å². The fourth-order valence-electron chi connectivity index (χ4n) is 5.54. The van der Waals surface area contributed by atoms with Crippen molar-refractivity contribution in [3.05, 3.63) is 46.2 Å². The molecule has 1 saturated carbocycles. The van der Waals surface area contributed by atoms with Gasteiger partial charge in [-0.05, 0) is 44.5 Å². The van der Waals surface area contributed by atoms with E-state index >= 15 is 0 Å². The summed E-state index contributed by atoms with van der Waals surface area (Å²) in [6.45, 7) is 0. The lowest BCUT2D eigenvalue weighted by Crippen LogP contribution is -2.67. The monoisotopic (exact) mass is 442 g/mol. The number of carbonyl (C=O) groups excluding carboxylic acids is 3. The molecule has 1 fully saturated rings. The molecular weight excluding hydrogens is 416 g/mol. The smallest absolute Gasteiger partial charge is 0.255 e. The number of nitrogens with zero attached hydrogens (tertiary/aromatic N) is 1. The Balaban J connectivity index is 1.96. The standard InChI is InChI=1S/C23H26N2O7/c1-25(2)17-12-9-11-8-10-6-5-7-13(31-3)14(10)18(26)15(11)20(27)23(12,30)21(28)16(22(24)29)19(17)32-4/h5-7,11-12,17,26,30H,8-9H2,1-4H3,(H2,24,29)/t11-,12-,17+,23-/m0/s1. The SMILES string of the molecule is COC1=C(C(N)=O)C(=O)[C@@]2(O)C(=O)C3=C(O)c4c(cccc4OC)C[C@H]3C[C@H]2[C@H]1N(C)C. The zero-order valence-corrected chi connectivity index (χ0v) is 18.3. The molecule has 170 valence electrons. The maximum Gasteiger partial charge on any atom is 0.255 e. The molecule has 0 aromatic heterocycles. The Hall–Kier alpha value is -3.17. The Bertz CT molecular complexity index is 1100. The number of likely N-dealkylation sites (N-methyl/N-ethyl adjacent to an activating group) is 1.